The van der Waals surface area contributed by atoms with Crippen LogP contribution in [0.4, 0.5) is 0 Å². The van der Waals surface area contributed by atoms with Crippen molar-refractivity contribution in [2.75, 3.05) is 6.61 Å². The molecule has 0 fully saturated rings. The molecule has 0 bridgehead atoms. The third kappa shape index (κ3) is 3.17. The van der Waals surface area contributed by atoms with Gasteiger partial charge in [0.2, 0.25) is 0 Å². The first-order chi connectivity index (χ1) is 8.06. The van der Waals surface area contributed by atoms with Crippen LogP contribution in [0.15, 0.2) is 36.5 Å². The molecular formula is C14H18N2O. The Morgan fingerprint density at radius 1 is 1.24 bits per heavy atom. The van der Waals surface area contributed by atoms with Gasteiger partial charge in [0.05, 0.1) is 6.61 Å². The zero-order valence-corrected chi connectivity index (χ0v) is 10.3. The maximum atomic E-state index is 5.92. The summed E-state index contributed by atoms with van der Waals surface area (Å²) >= 11 is 0. The number of fused-ring (bicyclic) bond motifs is 1. The lowest BCUT2D eigenvalue weighted by Crippen LogP contribution is -2.33. The fourth-order valence-corrected chi connectivity index (χ4v) is 1.62. The predicted octanol–water partition coefficient (Wildman–Crippen LogP) is 2.74. The molecule has 0 aliphatic heterocycles. The second kappa shape index (κ2) is 4.72. The number of ether oxygens (including phenoxy) is 1. The topological polar surface area (TPSA) is 48.1 Å². The van der Waals surface area contributed by atoms with Crippen molar-refractivity contribution in [3.05, 3.63) is 36.5 Å². The molecule has 3 heteroatoms. The lowest BCUT2D eigenvalue weighted by atomic mass is 10.0. The summed E-state index contributed by atoms with van der Waals surface area (Å²) in [6.07, 6.45) is 2.60. The van der Waals surface area contributed by atoms with Gasteiger partial charge in [-0.1, -0.05) is 18.2 Å². The normalized spacial score (nSPS) is 11.7. The lowest BCUT2D eigenvalue weighted by molar-refractivity contribution is 0.276. The molecule has 17 heavy (non-hydrogen) atoms. The zero-order chi connectivity index (χ0) is 12.3. The van der Waals surface area contributed by atoms with E-state index in [1.165, 1.54) is 0 Å². The zero-order valence-electron chi connectivity index (χ0n) is 10.3. The Bertz CT molecular complexity index is 498. The van der Waals surface area contributed by atoms with E-state index in [4.69, 9.17) is 10.5 Å². The van der Waals surface area contributed by atoms with E-state index < -0.39 is 0 Å². The van der Waals surface area contributed by atoms with E-state index in [1.54, 1.807) is 6.20 Å². The van der Waals surface area contributed by atoms with Crippen molar-refractivity contribution in [3.8, 4) is 5.75 Å². The number of para-hydroxylation sites is 1. The Labute approximate surface area is 102 Å². The monoisotopic (exact) mass is 230 g/mol. The fraction of sp³-hybridized carbons (Fsp3) is 0.357. The number of nitrogens with two attached hydrogens (primary N) is 1. The maximum absolute atomic E-state index is 5.92. The highest BCUT2D eigenvalue weighted by molar-refractivity contribution is 5.84. The average molecular weight is 230 g/mol. The number of hydrogen-bond acceptors (Lipinski definition) is 3. The molecule has 0 spiro atoms. The van der Waals surface area contributed by atoms with Crippen molar-refractivity contribution in [2.24, 2.45) is 5.73 Å². The highest BCUT2D eigenvalue weighted by Crippen LogP contribution is 2.23. The van der Waals surface area contributed by atoms with Gasteiger partial charge in [-0.2, -0.15) is 0 Å². The van der Waals surface area contributed by atoms with Gasteiger partial charge in [-0.15, -0.1) is 0 Å². The minimum atomic E-state index is -0.196. The van der Waals surface area contributed by atoms with E-state index >= 15 is 0 Å². The number of benzene rings is 1. The summed E-state index contributed by atoms with van der Waals surface area (Å²) in [4.78, 5) is 4.34. The van der Waals surface area contributed by atoms with E-state index in [9.17, 15) is 0 Å². The SMILES string of the molecule is CC(C)(N)CCOc1cccc2cccnc12. The Balaban J connectivity index is 2.13. The van der Waals surface area contributed by atoms with Gasteiger partial charge < -0.3 is 10.5 Å². The van der Waals surface area contributed by atoms with E-state index in [0.29, 0.717) is 6.61 Å². The summed E-state index contributed by atoms with van der Waals surface area (Å²) in [5.74, 6) is 0.826. The summed E-state index contributed by atoms with van der Waals surface area (Å²) in [6, 6.07) is 9.91. The lowest BCUT2D eigenvalue weighted by Gasteiger charge is -2.18. The molecule has 1 aromatic carbocycles. The van der Waals surface area contributed by atoms with Gasteiger partial charge in [-0.25, -0.2) is 0 Å². The molecule has 0 aliphatic carbocycles. The molecule has 3 nitrogen and oxygen atoms in total. The number of nitrogens with zero attached hydrogens (tertiary/aromatic N) is 1. The van der Waals surface area contributed by atoms with Crippen molar-refractivity contribution in [1.29, 1.82) is 0 Å². The molecule has 2 aromatic rings. The predicted molar refractivity (Wildman–Crippen MR) is 70.1 cm³/mol. The minimum Gasteiger partial charge on any atom is -0.491 e. The first-order valence-electron chi connectivity index (χ1n) is 5.82. The summed E-state index contributed by atoms with van der Waals surface area (Å²) in [5, 5.41) is 1.09. The summed E-state index contributed by atoms with van der Waals surface area (Å²) in [5.41, 5.74) is 6.63. The number of rotatable bonds is 4. The van der Waals surface area contributed by atoms with E-state index in [1.807, 2.05) is 44.2 Å². The molecule has 0 saturated carbocycles. The standard InChI is InChI=1S/C14H18N2O/c1-14(2,15)8-10-17-12-7-3-5-11-6-4-9-16-13(11)12/h3-7,9H,8,10,15H2,1-2H3. The van der Waals surface area contributed by atoms with Crippen LogP contribution in [0, 0.1) is 0 Å². The molecule has 0 atom stereocenters. The van der Waals surface area contributed by atoms with Crippen LogP contribution >= 0.6 is 0 Å². The molecule has 0 radical (unpaired) electrons. The number of pyridine rings is 1. The molecule has 2 N–H and O–H groups in total. The second-order valence-electron chi connectivity index (χ2n) is 4.92. The van der Waals surface area contributed by atoms with Gasteiger partial charge in [0.25, 0.3) is 0 Å². The smallest absolute Gasteiger partial charge is 0.145 e. The fourth-order valence-electron chi connectivity index (χ4n) is 1.62. The van der Waals surface area contributed by atoms with Crippen LogP contribution in [0.3, 0.4) is 0 Å². The van der Waals surface area contributed by atoms with E-state index in [2.05, 4.69) is 4.98 Å². The van der Waals surface area contributed by atoms with Crippen LogP contribution in [0.2, 0.25) is 0 Å². The molecule has 90 valence electrons. The van der Waals surface area contributed by atoms with Gasteiger partial charge in [-0.3, -0.25) is 4.98 Å². The van der Waals surface area contributed by atoms with Gasteiger partial charge in [0.15, 0.2) is 0 Å². The van der Waals surface area contributed by atoms with Gasteiger partial charge in [0, 0.05) is 17.1 Å². The minimum absolute atomic E-state index is 0.196. The summed E-state index contributed by atoms with van der Waals surface area (Å²) < 4.78 is 5.75. The Morgan fingerprint density at radius 2 is 2.00 bits per heavy atom. The molecular weight excluding hydrogens is 212 g/mol. The van der Waals surface area contributed by atoms with Gasteiger partial charge in [-0.05, 0) is 32.4 Å². The van der Waals surface area contributed by atoms with Crippen LogP contribution in [0.25, 0.3) is 10.9 Å². The van der Waals surface area contributed by atoms with E-state index in [0.717, 1.165) is 23.1 Å². The van der Waals surface area contributed by atoms with Crippen molar-refractivity contribution in [1.82, 2.24) is 4.98 Å². The molecule has 0 unspecified atom stereocenters. The molecule has 1 heterocycles. The average Bonchev–Trinajstić information content (AvgIpc) is 2.28. The maximum Gasteiger partial charge on any atom is 0.145 e. The summed E-state index contributed by atoms with van der Waals surface area (Å²) in [6.45, 7) is 4.61. The molecule has 0 amide bonds. The largest absolute Gasteiger partial charge is 0.491 e. The summed E-state index contributed by atoms with van der Waals surface area (Å²) in [7, 11) is 0. The van der Waals surface area contributed by atoms with Crippen molar-refractivity contribution >= 4 is 10.9 Å². The molecule has 0 saturated heterocycles. The van der Waals surface area contributed by atoms with Gasteiger partial charge >= 0.3 is 0 Å². The highest BCUT2D eigenvalue weighted by atomic mass is 16.5. The highest BCUT2D eigenvalue weighted by Gasteiger charge is 2.11. The molecule has 2 rings (SSSR count). The number of aromatic nitrogens is 1. The Hall–Kier alpha value is -1.61. The molecule has 0 aliphatic rings. The quantitative estimate of drug-likeness (QED) is 0.878. The molecule has 1 aromatic heterocycles. The Morgan fingerprint density at radius 3 is 2.76 bits per heavy atom. The third-order valence-electron chi connectivity index (χ3n) is 2.60. The van der Waals surface area contributed by atoms with Crippen LogP contribution in [0.1, 0.15) is 20.3 Å². The van der Waals surface area contributed by atoms with Gasteiger partial charge in [0.1, 0.15) is 11.3 Å². The van der Waals surface area contributed by atoms with Crippen LogP contribution < -0.4 is 10.5 Å². The van der Waals surface area contributed by atoms with Crippen molar-refractivity contribution in [3.63, 3.8) is 0 Å². The first kappa shape index (κ1) is 11.9. The Kier molecular flexibility index (Phi) is 3.29. The van der Waals surface area contributed by atoms with Crippen LogP contribution in [-0.4, -0.2) is 17.1 Å². The van der Waals surface area contributed by atoms with Crippen LogP contribution in [-0.2, 0) is 0 Å². The van der Waals surface area contributed by atoms with Crippen molar-refractivity contribution in [2.45, 2.75) is 25.8 Å². The van der Waals surface area contributed by atoms with E-state index in [-0.39, 0.29) is 5.54 Å². The first-order valence-corrected chi connectivity index (χ1v) is 5.82. The van der Waals surface area contributed by atoms with Crippen LogP contribution in [0.5, 0.6) is 5.75 Å². The third-order valence-corrected chi connectivity index (χ3v) is 2.60. The second-order valence-corrected chi connectivity index (χ2v) is 4.92. The number of hydrogen-bond donors (Lipinski definition) is 1. The van der Waals surface area contributed by atoms with Crippen molar-refractivity contribution < 1.29 is 4.74 Å².